The maximum absolute atomic E-state index is 13.1. The number of ether oxygens (including phenoxy) is 1. The van der Waals surface area contributed by atoms with Crippen molar-refractivity contribution in [2.45, 2.75) is 19.4 Å². The smallest absolute Gasteiger partial charge is 0.141 e. The SMILES string of the molecule is CCOc1ccccc1C(N)Cc1ccc(F)c(Cl)c1. The summed E-state index contributed by atoms with van der Waals surface area (Å²) in [6, 6.07) is 12.1. The van der Waals surface area contributed by atoms with Gasteiger partial charge in [0.05, 0.1) is 11.6 Å². The van der Waals surface area contributed by atoms with Crippen LogP contribution in [0.25, 0.3) is 0 Å². The highest BCUT2D eigenvalue weighted by molar-refractivity contribution is 6.30. The number of hydrogen-bond donors (Lipinski definition) is 1. The van der Waals surface area contributed by atoms with E-state index in [1.807, 2.05) is 31.2 Å². The fourth-order valence-electron chi connectivity index (χ4n) is 2.10. The van der Waals surface area contributed by atoms with Crippen LogP contribution in [0.15, 0.2) is 42.5 Å². The maximum Gasteiger partial charge on any atom is 0.141 e. The normalized spacial score (nSPS) is 12.2. The molecule has 0 fully saturated rings. The van der Waals surface area contributed by atoms with Gasteiger partial charge in [0.2, 0.25) is 0 Å². The lowest BCUT2D eigenvalue weighted by atomic mass is 9.99. The fourth-order valence-corrected chi connectivity index (χ4v) is 2.31. The summed E-state index contributed by atoms with van der Waals surface area (Å²) >= 11 is 5.78. The second kappa shape index (κ2) is 6.73. The van der Waals surface area contributed by atoms with Crippen LogP contribution in [0.3, 0.4) is 0 Å². The van der Waals surface area contributed by atoms with E-state index in [1.54, 1.807) is 12.1 Å². The molecule has 1 atom stereocenters. The lowest BCUT2D eigenvalue weighted by Gasteiger charge is -2.16. The molecular formula is C16H17ClFNO. The van der Waals surface area contributed by atoms with Crippen molar-refractivity contribution in [2.75, 3.05) is 6.61 Å². The molecule has 106 valence electrons. The zero-order chi connectivity index (χ0) is 14.5. The maximum atomic E-state index is 13.1. The Kier molecular flexibility index (Phi) is 4.99. The molecule has 0 radical (unpaired) electrons. The number of rotatable bonds is 5. The topological polar surface area (TPSA) is 35.2 Å². The van der Waals surface area contributed by atoms with Gasteiger partial charge in [-0.2, -0.15) is 0 Å². The van der Waals surface area contributed by atoms with Crippen LogP contribution in [0.2, 0.25) is 5.02 Å². The molecule has 2 aromatic carbocycles. The number of nitrogens with two attached hydrogens (primary N) is 1. The molecule has 2 nitrogen and oxygen atoms in total. The summed E-state index contributed by atoms with van der Waals surface area (Å²) in [5, 5.41) is 0.118. The van der Waals surface area contributed by atoms with E-state index in [0.717, 1.165) is 16.9 Å². The van der Waals surface area contributed by atoms with Crippen molar-refractivity contribution in [1.82, 2.24) is 0 Å². The van der Waals surface area contributed by atoms with Crippen molar-refractivity contribution >= 4 is 11.6 Å². The molecule has 4 heteroatoms. The number of benzene rings is 2. The van der Waals surface area contributed by atoms with Crippen LogP contribution in [0.4, 0.5) is 4.39 Å². The highest BCUT2D eigenvalue weighted by Gasteiger charge is 2.13. The van der Waals surface area contributed by atoms with E-state index >= 15 is 0 Å². The summed E-state index contributed by atoms with van der Waals surface area (Å²) in [5.74, 6) is 0.370. The molecule has 0 amide bonds. The van der Waals surface area contributed by atoms with Gasteiger partial charge < -0.3 is 10.5 Å². The predicted molar refractivity (Wildman–Crippen MR) is 79.7 cm³/mol. The van der Waals surface area contributed by atoms with Crippen molar-refractivity contribution in [1.29, 1.82) is 0 Å². The van der Waals surface area contributed by atoms with Crippen molar-refractivity contribution in [3.05, 3.63) is 64.4 Å². The van der Waals surface area contributed by atoms with Crippen molar-refractivity contribution in [3.8, 4) is 5.75 Å². The molecule has 2 aromatic rings. The molecule has 1 unspecified atom stereocenters. The molecule has 0 aliphatic rings. The monoisotopic (exact) mass is 293 g/mol. The van der Waals surface area contributed by atoms with E-state index in [0.29, 0.717) is 13.0 Å². The van der Waals surface area contributed by atoms with Crippen molar-refractivity contribution in [2.24, 2.45) is 5.73 Å². The molecule has 0 aliphatic heterocycles. The van der Waals surface area contributed by atoms with Crippen LogP contribution in [0.1, 0.15) is 24.1 Å². The Morgan fingerprint density at radius 3 is 2.70 bits per heavy atom. The minimum Gasteiger partial charge on any atom is -0.494 e. The first-order chi connectivity index (χ1) is 9.61. The Hall–Kier alpha value is -1.58. The number of para-hydroxylation sites is 1. The molecule has 0 bridgehead atoms. The molecule has 20 heavy (non-hydrogen) atoms. The van der Waals surface area contributed by atoms with Gasteiger partial charge in [-0.25, -0.2) is 4.39 Å². The highest BCUT2D eigenvalue weighted by atomic mass is 35.5. The molecule has 0 aromatic heterocycles. The largest absolute Gasteiger partial charge is 0.494 e. The first kappa shape index (κ1) is 14.8. The summed E-state index contributed by atoms with van der Waals surface area (Å²) < 4.78 is 18.7. The summed E-state index contributed by atoms with van der Waals surface area (Å²) in [6.45, 7) is 2.52. The third-order valence-corrected chi connectivity index (χ3v) is 3.35. The van der Waals surface area contributed by atoms with E-state index in [1.165, 1.54) is 6.07 Å². The zero-order valence-electron chi connectivity index (χ0n) is 11.3. The molecule has 0 saturated heterocycles. The van der Waals surface area contributed by atoms with Gasteiger partial charge in [0, 0.05) is 11.6 Å². The summed E-state index contributed by atoms with van der Waals surface area (Å²) in [7, 11) is 0. The predicted octanol–water partition coefficient (Wildman–Crippen LogP) is 4.12. The molecule has 2 rings (SSSR count). The molecule has 0 heterocycles. The van der Waals surface area contributed by atoms with Crippen LogP contribution >= 0.6 is 11.6 Å². The minimum atomic E-state index is -0.418. The van der Waals surface area contributed by atoms with Crippen LogP contribution in [-0.4, -0.2) is 6.61 Å². The van der Waals surface area contributed by atoms with Gasteiger partial charge in [0.25, 0.3) is 0 Å². The van der Waals surface area contributed by atoms with Crippen molar-refractivity contribution < 1.29 is 9.13 Å². The molecule has 0 aliphatic carbocycles. The molecular weight excluding hydrogens is 277 g/mol. The Balaban J connectivity index is 2.19. The highest BCUT2D eigenvalue weighted by Crippen LogP contribution is 2.27. The molecule has 0 saturated carbocycles. The minimum absolute atomic E-state index is 0.118. The fraction of sp³-hybridized carbons (Fsp3) is 0.250. The van der Waals surface area contributed by atoms with E-state index in [4.69, 9.17) is 22.1 Å². The third-order valence-electron chi connectivity index (χ3n) is 3.06. The van der Waals surface area contributed by atoms with Crippen LogP contribution < -0.4 is 10.5 Å². The zero-order valence-corrected chi connectivity index (χ0v) is 12.0. The van der Waals surface area contributed by atoms with Gasteiger partial charge in [0.15, 0.2) is 0 Å². The Labute approximate surface area is 123 Å². The number of hydrogen-bond acceptors (Lipinski definition) is 2. The Morgan fingerprint density at radius 1 is 1.25 bits per heavy atom. The average molecular weight is 294 g/mol. The van der Waals surface area contributed by atoms with Gasteiger partial charge in [-0.15, -0.1) is 0 Å². The second-order valence-electron chi connectivity index (χ2n) is 4.53. The van der Waals surface area contributed by atoms with E-state index < -0.39 is 5.82 Å². The van der Waals surface area contributed by atoms with E-state index in [-0.39, 0.29) is 11.1 Å². The lowest BCUT2D eigenvalue weighted by Crippen LogP contribution is -2.15. The third kappa shape index (κ3) is 3.50. The first-order valence-corrected chi connectivity index (χ1v) is 6.91. The lowest BCUT2D eigenvalue weighted by molar-refractivity contribution is 0.334. The Morgan fingerprint density at radius 2 is 2.00 bits per heavy atom. The standard InChI is InChI=1S/C16H17ClFNO/c1-2-20-16-6-4-3-5-12(16)15(19)10-11-7-8-14(18)13(17)9-11/h3-9,15H,2,10,19H2,1H3. The summed E-state index contributed by atoms with van der Waals surface area (Å²) in [5.41, 5.74) is 8.07. The van der Waals surface area contributed by atoms with Gasteiger partial charge in [-0.1, -0.05) is 35.9 Å². The first-order valence-electron chi connectivity index (χ1n) is 6.53. The van der Waals surface area contributed by atoms with Crippen LogP contribution in [0.5, 0.6) is 5.75 Å². The second-order valence-corrected chi connectivity index (χ2v) is 4.94. The van der Waals surface area contributed by atoms with Crippen LogP contribution in [0, 0.1) is 5.82 Å². The summed E-state index contributed by atoms with van der Waals surface area (Å²) in [4.78, 5) is 0. The van der Waals surface area contributed by atoms with Gasteiger partial charge in [0.1, 0.15) is 11.6 Å². The van der Waals surface area contributed by atoms with E-state index in [2.05, 4.69) is 0 Å². The van der Waals surface area contributed by atoms with Crippen LogP contribution in [-0.2, 0) is 6.42 Å². The number of halogens is 2. The average Bonchev–Trinajstić information content (AvgIpc) is 2.44. The van der Waals surface area contributed by atoms with Gasteiger partial charge in [-0.3, -0.25) is 0 Å². The Bertz CT molecular complexity index is 588. The van der Waals surface area contributed by atoms with Gasteiger partial charge >= 0.3 is 0 Å². The van der Waals surface area contributed by atoms with E-state index in [9.17, 15) is 4.39 Å². The quantitative estimate of drug-likeness (QED) is 0.900. The summed E-state index contributed by atoms with van der Waals surface area (Å²) in [6.07, 6.45) is 0.573. The molecule has 0 spiro atoms. The molecule has 2 N–H and O–H groups in total. The van der Waals surface area contributed by atoms with Crippen molar-refractivity contribution in [3.63, 3.8) is 0 Å². The van der Waals surface area contributed by atoms with Gasteiger partial charge in [-0.05, 0) is 37.1 Å².